The zero-order chi connectivity index (χ0) is 23.8. The van der Waals surface area contributed by atoms with Gasteiger partial charge in [0.25, 0.3) is 5.91 Å². The zero-order valence-electron chi connectivity index (χ0n) is 18.0. The van der Waals surface area contributed by atoms with Gasteiger partial charge in [-0.05, 0) is 49.6 Å². The average molecular weight is 456 g/mol. The van der Waals surface area contributed by atoms with Gasteiger partial charge in [-0.1, -0.05) is 18.2 Å². The maximum atomic E-state index is 13.4. The number of nitriles is 1. The average Bonchev–Trinajstić information content (AvgIpc) is 3.61. The summed E-state index contributed by atoms with van der Waals surface area (Å²) in [6, 6.07) is 11.4. The minimum absolute atomic E-state index is 0.0549. The van der Waals surface area contributed by atoms with Gasteiger partial charge < -0.3 is 15.1 Å². The molecule has 1 atom stereocenters. The highest BCUT2D eigenvalue weighted by molar-refractivity contribution is 5.99. The van der Waals surface area contributed by atoms with Gasteiger partial charge in [-0.25, -0.2) is 0 Å². The van der Waals surface area contributed by atoms with Crippen molar-refractivity contribution in [3.05, 3.63) is 64.7 Å². The lowest BCUT2D eigenvalue weighted by atomic mass is 10.0. The summed E-state index contributed by atoms with van der Waals surface area (Å²) in [6.45, 7) is 2.31. The smallest absolute Gasteiger partial charge is 0.367 e. The Morgan fingerprint density at radius 2 is 1.85 bits per heavy atom. The molecule has 2 fully saturated rings. The number of hydrogen-bond acceptors (Lipinski definition) is 4. The summed E-state index contributed by atoms with van der Waals surface area (Å²) in [5.41, 5.74) is 0.0668. The largest absolute Gasteiger partial charge is 0.417 e. The first-order chi connectivity index (χ1) is 15.7. The van der Waals surface area contributed by atoms with Crippen molar-refractivity contribution in [1.82, 2.24) is 10.2 Å². The molecule has 4 rings (SSSR count). The molecule has 0 bridgehead atoms. The number of piperazine rings is 1. The molecule has 2 amide bonds. The molecule has 6 nitrogen and oxygen atoms in total. The fraction of sp³-hybridized carbons (Fsp3) is 0.375. The van der Waals surface area contributed by atoms with Crippen LogP contribution in [-0.4, -0.2) is 48.4 Å². The van der Waals surface area contributed by atoms with Gasteiger partial charge in [-0.15, -0.1) is 0 Å². The molecule has 1 aliphatic heterocycles. The Hall–Kier alpha value is -3.54. The molecule has 1 unspecified atom stereocenters. The molecule has 2 aromatic carbocycles. The third-order valence-electron chi connectivity index (χ3n) is 6.04. The summed E-state index contributed by atoms with van der Waals surface area (Å²) >= 11 is 0. The van der Waals surface area contributed by atoms with Gasteiger partial charge >= 0.3 is 6.18 Å². The maximum absolute atomic E-state index is 13.4. The van der Waals surface area contributed by atoms with Gasteiger partial charge in [-0.3, -0.25) is 9.59 Å². The van der Waals surface area contributed by atoms with Crippen molar-refractivity contribution in [2.45, 2.75) is 38.0 Å². The van der Waals surface area contributed by atoms with Crippen molar-refractivity contribution in [2.24, 2.45) is 0 Å². The van der Waals surface area contributed by atoms with Crippen molar-refractivity contribution in [3.63, 3.8) is 0 Å². The van der Waals surface area contributed by atoms with Crippen LogP contribution in [0.2, 0.25) is 0 Å². The summed E-state index contributed by atoms with van der Waals surface area (Å²) in [6.07, 6.45) is -2.93. The molecule has 1 saturated heterocycles. The first-order valence-electron chi connectivity index (χ1n) is 10.7. The van der Waals surface area contributed by atoms with E-state index in [0.29, 0.717) is 5.56 Å². The van der Waals surface area contributed by atoms with Gasteiger partial charge in [0.1, 0.15) is 6.04 Å². The van der Waals surface area contributed by atoms with Crippen LogP contribution in [0, 0.1) is 18.3 Å². The number of nitrogens with one attached hydrogen (secondary N) is 1. The lowest BCUT2D eigenvalue weighted by Gasteiger charge is -2.42. The standard InChI is InChI=1S/C24H23F3N4O2/c1-15-4-2-3-5-19(15)23(33)31-11-10-30(14-21(31)22(32)29-17-7-8-17)18-9-6-16(13-28)20(12-18)24(25,26)27/h2-6,9,12,17,21H,7-8,10-11,14H2,1H3,(H,29,32). The number of carbonyl (C=O) groups is 2. The molecule has 172 valence electrons. The minimum atomic E-state index is -4.67. The Bertz CT molecular complexity index is 1120. The second kappa shape index (κ2) is 8.77. The fourth-order valence-electron chi connectivity index (χ4n) is 4.04. The predicted octanol–water partition coefficient (Wildman–Crippen LogP) is 3.50. The number of halogens is 3. The number of anilines is 1. The topological polar surface area (TPSA) is 76.4 Å². The predicted molar refractivity (Wildman–Crippen MR) is 116 cm³/mol. The van der Waals surface area contributed by atoms with Gasteiger partial charge in [-0.2, -0.15) is 18.4 Å². The Morgan fingerprint density at radius 1 is 1.12 bits per heavy atom. The first kappa shape index (κ1) is 22.6. The van der Waals surface area contributed by atoms with E-state index in [1.54, 1.807) is 23.1 Å². The summed E-state index contributed by atoms with van der Waals surface area (Å²) < 4.78 is 40.3. The van der Waals surface area contributed by atoms with E-state index in [1.807, 2.05) is 19.1 Å². The number of alkyl halides is 3. The van der Waals surface area contributed by atoms with Crippen LogP contribution in [0.3, 0.4) is 0 Å². The van der Waals surface area contributed by atoms with Crippen LogP contribution in [0.1, 0.15) is 39.9 Å². The summed E-state index contributed by atoms with van der Waals surface area (Å²) in [5, 5.41) is 12.0. The van der Waals surface area contributed by atoms with Crippen molar-refractivity contribution >= 4 is 17.5 Å². The number of rotatable bonds is 4. The molecular formula is C24H23F3N4O2. The van der Waals surface area contributed by atoms with E-state index in [-0.39, 0.29) is 43.2 Å². The summed E-state index contributed by atoms with van der Waals surface area (Å²) in [4.78, 5) is 29.5. The molecule has 33 heavy (non-hydrogen) atoms. The van der Waals surface area contributed by atoms with E-state index in [4.69, 9.17) is 5.26 Å². The van der Waals surface area contributed by atoms with Crippen molar-refractivity contribution < 1.29 is 22.8 Å². The fourth-order valence-corrected chi connectivity index (χ4v) is 4.04. The minimum Gasteiger partial charge on any atom is -0.367 e. The molecule has 1 aliphatic carbocycles. The number of carbonyl (C=O) groups excluding carboxylic acids is 2. The maximum Gasteiger partial charge on any atom is 0.417 e. The number of aryl methyl sites for hydroxylation is 1. The lowest BCUT2D eigenvalue weighted by molar-refractivity contribution is -0.137. The molecular weight excluding hydrogens is 433 g/mol. The number of amides is 2. The highest BCUT2D eigenvalue weighted by Crippen LogP contribution is 2.35. The highest BCUT2D eigenvalue weighted by Gasteiger charge is 2.39. The normalized spacial score (nSPS) is 18.6. The van der Waals surface area contributed by atoms with Crippen molar-refractivity contribution in [2.75, 3.05) is 24.5 Å². The molecule has 1 saturated carbocycles. The van der Waals surface area contributed by atoms with Crippen LogP contribution in [-0.2, 0) is 11.0 Å². The van der Waals surface area contributed by atoms with Crippen LogP contribution >= 0.6 is 0 Å². The van der Waals surface area contributed by atoms with Gasteiger partial charge in [0.2, 0.25) is 5.91 Å². The van der Waals surface area contributed by atoms with E-state index in [9.17, 15) is 22.8 Å². The Morgan fingerprint density at radius 3 is 2.48 bits per heavy atom. The van der Waals surface area contributed by atoms with Crippen molar-refractivity contribution in [1.29, 1.82) is 5.26 Å². The second-order valence-electron chi connectivity index (χ2n) is 8.40. The van der Waals surface area contributed by atoms with Gasteiger partial charge in [0.05, 0.1) is 17.2 Å². The Kier molecular flexibility index (Phi) is 6.02. The zero-order valence-corrected chi connectivity index (χ0v) is 18.0. The molecule has 0 radical (unpaired) electrons. The van der Waals surface area contributed by atoms with Gasteiger partial charge in [0.15, 0.2) is 0 Å². The van der Waals surface area contributed by atoms with Crippen molar-refractivity contribution in [3.8, 4) is 6.07 Å². The quantitative estimate of drug-likeness (QED) is 0.764. The Balaban J connectivity index is 1.63. The molecule has 2 aliphatic rings. The third kappa shape index (κ3) is 4.80. The Labute approximate surface area is 189 Å². The first-order valence-corrected chi connectivity index (χ1v) is 10.7. The molecule has 9 heteroatoms. The molecule has 0 spiro atoms. The van der Waals surface area contributed by atoms with Crippen LogP contribution < -0.4 is 10.2 Å². The second-order valence-corrected chi connectivity index (χ2v) is 8.40. The lowest BCUT2D eigenvalue weighted by Crippen LogP contribution is -2.61. The third-order valence-corrected chi connectivity index (χ3v) is 6.04. The molecule has 2 aromatic rings. The van der Waals surface area contributed by atoms with E-state index >= 15 is 0 Å². The molecule has 1 N–H and O–H groups in total. The van der Waals surface area contributed by atoms with E-state index in [0.717, 1.165) is 30.5 Å². The van der Waals surface area contributed by atoms with Crippen LogP contribution in [0.25, 0.3) is 0 Å². The van der Waals surface area contributed by atoms with E-state index in [1.165, 1.54) is 11.0 Å². The number of nitrogens with zero attached hydrogens (tertiary/aromatic N) is 3. The summed E-state index contributed by atoms with van der Waals surface area (Å²) in [7, 11) is 0. The highest BCUT2D eigenvalue weighted by atomic mass is 19.4. The molecule has 0 aromatic heterocycles. The van der Waals surface area contributed by atoms with E-state index in [2.05, 4.69) is 5.32 Å². The van der Waals surface area contributed by atoms with Crippen LogP contribution in [0.5, 0.6) is 0 Å². The summed E-state index contributed by atoms with van der Waals surface area (Å²) in [5.74, 6) is -0.590. The monoisotopic (exact) mass is 456 g/mol. The number of benzene rings is 2. The van der Waals surface area contributed by atoms with Crippen LogP contribution in [0.15, 0.2) is 42.5 Å². The number of hydrogen-bond donors (Lipinski definition) is 1. The van der Waals surface area contributed by atoms with Gasteiger partial charge in [0, 0.05) is 36.9 Å². The van der Waals surface area contributed by atoms with E-state index < -0.39 is 23.3 Å². The molecule has 1 heterocycles. The van der Waals surface area contributed by atoms with Crippen LogP contribution in [0.4, 0.5) is 18.9 Å². The SMILES string of the molecule is Cc1ccccc1C(=O)N1CCN(c2ccc(C#N)c(C(F)(F)F)c2)CC1C(=O)NC1CC1.